The summed E-state index contributed by atoms with van der Waals surface area (Å²) in [7, 11) is 0. The van der Waals surface area contributed by atoms with Crippen LogP contribution in [0, 0.1) is 16.7 Å². The highest BCUT2D eigenvalue weighted by Crippen LogP contribution is 2.49. The molecule has 0 aliphatic heterocycles. The summed E-state index contributed by atoms with van der Waals surface area (Å²) in [5.41, 5.74) is -0.831. The molecule has 0 saturated heterocycles. The third-order valence-corrected chi connectivity index (χ3v) is 2.85. The lowest BCUT2D eigenvalue weighted by Crippen LogP contribution is -2.36. The minimum absolute atomic E-state index is 0.132. The molecule has 0 atom stereocenters. The van der Waals surface area contributed by atoms with Crippen LogP contribution in [0.3, 0.4) is 0 Å². The van der Waals surface area contributed by atoms with Crippen LogP contribution in [0.1, 0.15) is 19.3 Å². The Hall–Kier alpha value is -1.83. The van der Waals surface area contributed by atoms with Crippen molar-refractivity contribution < 1.29 is 0 Å². The fraction of sp³-hybridized carbons (Fsp3) is 0.500. The molecule has 15 heavy (non-hydrogen) atoms. The van der Waals surface area contributed by atoms with Crippen molar-refractivity contribution >= 4 is 0 Å². The number of nitriles is 1. The van der Waals surface area contributed by atoms with Crippen LogP contribution in [0.4, 0.5) is 0 Å². The number of H-pyrrole nitrogens is 1. The van der Waals surface area contributed by atoms with Gasteiger partial charge in [-0.15, -0.1) is 0 Å². The van der Waals surface area contributed by atoms with Gasteiger partial charge in [-0.05, 0) is 12.8 Å². The highest BCUT2D eigenvalue weighted by Gasteiger charge is 2.43. The standard InChI is InChI=1S/C10H11N3O2/c11-5-4-10(2-3-10)7-13-8(14)1-6-12-9(13)15/h1,6H,2-4,7H2,(H,12,15). The summed E-state index contributed by atoms with van der Waals surface area (Å²) in [5, 5.41) is 8.64. The maximum absolute atomic E-state index is 11.4. The highest BCUT2D eigenvalue weighted by molar-refractivity contribution is 5.00. The second-order valence-electron chi connectivity index (χ2n) is 4.04. The molecule has 1 aromatic heterocycles. The first-order chi connectivity index (χ1) is 7.17. The molecule has 1 fully saturated rings. The molecule has 0 unspecified atom stereocenters. The molecule has 1 aliphatic rings. The zero-order valence-electron chi connectivity index (χ0n) is 8.19. The molecule has 1 heterocycles. The Bertz CT molecular complexity index is 488. The van der Waals surface area contributed by atoms with Gasteiger partial charge in [0.25, 0.3) is 5.56 Å². The molecular formula is C10H11N3O2. The molecule has 0 aromatic carbocycles. The summed E-state index contributed by atoms with van der Waals surface area (Å²) in [5.74, 6) is 0. The molecule has 78 valence electrons. The highest BCUT2D eigenvalue weighted by atomic mass is 16.2. The van der Waals surface area contributed by atoms with Gasteiger partial charge in [0, 0.05) is 30.6 Å². The maximum atomic E-state index is 11.4. The van der Waals surface area contributed by atoms with E-state index in [2.05, 4.69) is 11.1 Å². The predicted molar refractivity (Wildman–Crippen MR) is 53.2 cm³/mol. The van der Waals surface area contributed by atoms with Crippen molar-refractivity contribution in [3.05, 3.63) is 33.1 Å². The Morgan fingerprint density at radius 2 is 2.27 bits per heavy atom. The average molecular weight is 205 g/mol. The Morgan fingerprint density at radius 1 is 1.53 bits per heavy atom. The summed E-state index contributed by atoms with van der Waals surface area (Å²) in [6.07, 6.45) is 3.58. The van der Waals surface area contributed by atoms with E-state index in [0.29, 0.717) is 13.0 Å². The molecule has 0 radical (unpaired) electrons. The third kappa shape index (κ3) is 1.84. The van der Waals surface area contributed by atoms with Crippen LogP contribution >= 0.6 is 0 Å². The van der Waals surface area contributed by atoms with E-state index in [1.165, 1.54) is 16.8 Å². The lowest BCUT2D eigenvalue weighted by atomic mass is 10.0. The van der Waals surface area contributed by atoms with Crippen LogP contribution in [0.25, 0.3) is 0 Å². The zero-order chi connectivity index (χ0) is 10.9. The summed E-state index contributed by atoms with van der Waals surface area (Å²) in [6, 6.07) is 3.43. The lowest BCUT2D eigenvalue weighted by Gasteiger charge is -2.11. The van der Waals surface area contributed by atoms with Gasteiger partial charge in [-0.25, -0.2) is 4.79 Å². The fourth-order valence-corrected chi connectivity index (χ4v) is 1.67. The zero-order valence-corrected chi connectivity index (χ0v) is 8.19. The van der Waals surface area contributed by atoms with Crippen molar-refractivity contribution in [1.82, 2.24) is 9.55 Å². The van der Waals surface area contributed by atoms with E-state index in [1.54, 1.807) is 0 Å². The number of nitrogens with zero attached hydrogens (tertiary/aromatic N) is 2. The molecule has 1 N–H and O–H groups in total. The van der Waals surface area contributed by atoms with Gasteiger partial charge in [-0.1, -0.05) is 0 Å². The van der Waals surface area contributed by atoms with Gasteiger partial charge in [-0.3, -0.25) is 9.36 Å². The molecule has 0 amide bonds. The summed E-state index contributed by atoms with van der Waals surface area (Å²) in [4.78, 5) is 25.2. The first-order valence-corrected chi connectivity index (χ1v) is 4.82. The van der Waals surface area contributed by atoms with Crippen LogP contribution in [-0.2, 0) is 6.54 Å². The van der Waals surface area contributed by atoms with Crippen LogP contribution in [0.5, 0.6) is 0 Å². The fourth-order valence-electron chi connectivity index (χ4n) is 1.67. The van der Waals surface area contributed by atoms with Crippen molar-refractivity contribution in [3.8, 4) is 6.07 Å². The van der Waals surface area contributed by atoms with Gasteiger partial charge in [-0.2, -0.15) is 5.26 Å². The number of nitrogens with one attached hydrogen (secondary N) is 1. The molecule has 2 rings (SSSR count). The SMILES string of the molecule is N#CCC1(Cn2c(=O)cc[nH]c2=O)CC1. The number of aromatic amines is 1. The summed E-state index contributed by atoms with van der Waals surface area (Å²) < 4.78 is 1.17. The molecular weight excluding hydrogens is 194 g/mol. The van der Waals surface area contributed by atoms with Gasteiger partial charge < -0.3 is 4.98 Å². The Kier molecular flexibility index (Phi) is 2.19. The van der Waals surface area contributed by atoms with Crippen molar-refractivity contribution in [2.24, 2.45) is 5.41 Å². The van der Waals surface area contributed by atoms with Crippen LogP contribution < -0.4 is 11.2 Å². The molecule has 0 bridgehead atoms. The number of hydrogen-bond donors (Lipinski definition) is 1. The molecule has 1 saturated carbocycles. The van der Waals surface area contributed by atoms with Gasteiger partial charge in [0.2, 0.25) is 0 Å². The first-order valence-electron chi connectivity index (χ1n) is 4.82. The van der Waals surface area contributed by atoms with Crippen LogP contribution in [0.15, 0.2) is 21.9 Å². The predicted octanol–water partition coefficient (Wildman–Crippen LogP) is 0.230. The minimum atomic E-state index is -0.397. The quantitative estimate of drug-likeness (QED) is 0.767. The molecule has 1 aliphatic carbocycles. The van der Waals surface area contributed by atoms with Gasteiger partial charge >= 0.3 is 5.69 Å². The van der Waals surface area contributed by atoms with E-state index < -0.39 is 5.69 Å². The normalized spacial score (nSPS) is 17.0. The molecule has 1 aromatic rings. The smallest absolute Gasteiger partial charge is 0.314 e. The molecule has 5 heteroatoms. The summed E-state index contributed by atoms with van der Waals surface area (Å²) >= 11 is 0. The van der Waals surface area contributed by atoms with Crippen molar-refractivity contribution in [3.63, 3.8) is 0 Å². The molecule has 0 spiro atoms. The number of aromatic nitrogens is 2. The summed E-state index contributed by atoms with van der Waals surface area (Å²) in [6.45, 7) is 0.357. The van der Waals surface area contributed by atoms with Crippen molar-refractivity contribution in [2.75, 3.05) is 0 Å². The minimum Gasteiger partial charge on any atom is -0.314 e. The van der Waals surface area contributed by atoms with E-state index >= 15 is 0 Å². The number of hydrogen-bond acceptors (Lipinski definition) is 3. The Labute approximate surface area is 86.0 Å². The van der Waals surface area contributed by atoms with E-state index in [0.717, 1.165) is 12.8 Å². The number of rotatable bonds is 3. The lowest BCUT2D eigenvalue weighted by molar-refractivity contribution is 0.411. The topological polar surface area (TPSA) is 78.7 Å². The Balaban J connectivity index is 2.30. The van der Waals surface area contributed by atoms with E-state index in [-0.39, 0.29) is 11.0 Å². The first kappa shape index (κ1) is 9.71. The average Bonchev–Trinajstić information content (AvgIpc) is 2.93. The largest absolute Gasteiger partial charge is 0.328 e. The second-order valence-corrected chi connectivity index (χ2v) is 4.04. The third-order valence-electron chi connectivity index (χ3n) is 2.85. The monoisotopic (exact) mass is 205 g/mol. The van der Waals surface area contributed by atoms with Crippen molar-refractivity contribution in [1.29, 1.82) is 5.26 Å². The van der Waals surface area contributed by atoms with E-state index in [4.69, 9.17) is 5.26 Å². The van der Waals surface area contributed by atoms with E-state index in [1.807, 2.05) is 0 Å². The van der Waals surface area contributed by atoms with Crippen LogP contribution in [-0.4, -0.2) is 9.55 Å². The van der Waals surface area contributed by atoms with E-state index in [9.17, 15) is 9.59 Å². The Morgan fingerprint density at radius 3 is 2.80 bits per heavy atom. The second kappa shape index (κ2) is 3.39. The van der Waals surface area contributed by atoms with Gasteiger partial charge in [0.1, 0.15) is 0 Å². The molecule has 5 nitrogen and oxygen atoms in total. The van der Waals surface area contributed by atoms with Crippen molar-refractivity contribution in [2.45, 2.75) is 25.8 Å². The maximum Gasteiger partial charge on any atom is 0.328 e. The van der Waals surface area contributed by atoms with Crippen LogP contribution in [0.2, 0.25) is 0 Å². The van der Waals surface area contributed by atoms with Gasteiger partial charge in [0.05, 0.1) is 6.07 Å². The van der Waals surface area contributed by atoms with Gasteiger partial charge in [0.15, 0.2) is 0 Å².